The largest absolute Gasteiger partial charge is 0.489 e. The van der Waals surface area contributed by atoms with Crippen LogP contribution in [0.3, 0.4) is 0 Å². The van der Waals surface area contributed by atoms with E-state index in [4.69, 9.17) is 9.47 Å². The molecule has 0 atom stereocenters. The molecular formula is C24H19NO3. The van der Waals surface area contributed by atoms with Gasteiger partial charge in [-0.2, -0.15) is 0 Å². The van der Waals surface area contributed by atoms with Crippen LogP contribution in [0, 0.1) is 6.92 Å². The van der Waals surface area contributed by atoms with Gasteiger partial charge in [0.1, 0.15) is 12.4 Å². The van der Waals surface area contributed by atoms with Crippen LogP contribution in [0.25, 0.3) is 6.08 Å². The Morgan fingerprint density at radius 1 is 0.929 bits per heavy atom. The van der Waals surface area contributed by atoms with Gasteiger partial charge >= 0.3 is 5.97 Å². The summed E-state index contributed by atoms with van der Waals surface area (Å²) in [6, 6.07) is 25.1. The highest BCUT2D eigenvalue weighted by Gasteiger charge is 2.23. The second-order valence-electron chi connectivity index (χ2n) is 6.49. The van der Waals surface area contributed by atoms with Crippen molar-refractivity contribution >= 4 is 17.9 Å². The third-order valence-corrected chi connectivity index (χ3v) is 4.48. The van der Waals surface area contributed by atoms with E-state index in [1.807, 2.05) is 66.7 Å². The number of carbonyl (C=O) groups excluding carboxylic acids is 1. The van der Waals surface area contributed by atoms with Crippen molar-refractivity contribution in [1.82, 2.24) is 0 Å². The molecule has 1 aliphatic heterocycles. The molecule has 0 spiro atoms. The Bertz CT molecular complexity index is 1050. The first-order valence-electron chi connectivity index (χ1n) is 9.04. The number of nitrogens with zero attached hydrogens (tertiary/aromatic N) is 1. The van der Waals surface area contributed by atoms with Crippen molar-refractivity contribution in [3.05, 3.63) is 107 Å². The molecule has 0 fully saturated rings. The Morgan fingerprint density at radius 3 is 2.39 bits per heavy atom. The molecule has 0 bridgehead atoms. The van der Waals surface area contributed by atoms with Crippen LogP contribution in [0.4, 0.5) is 0 Å². The molecule has 0 aromatic heterocycles. The number of rotatable bonds is 5. The number of aryl methyl sites for hydroxylation is 1. The van der Waals surface area contributed by atoms with Gasteiger partial charge in [-0.15, -0.1) is 0 Å². The lowest BCUT2D eigenvalue weighted by atomic mass is 10.1. The molecule has 0 aliphatic carbocycles. The highest BCUT2D eigenvalue weighted by Crippen LogP contribution is 2.21. The van der Waals surface area contributed by atoms with Gasteiger partial charge in [-0.1, -0.05) is 54.6 Å². The minimum atomic E-state index is -0.446. The van der Waals surface area contributed by atoms with Gasteiger partial charge in [0.05, 0.1) is 0 Å². The van der Waals surface area contributed by atoms with Gasteiger partial charge in [0.2, 0.25) is 5.90 Å². The first-order chi connectivity index (χ1) is 13.7. The third kappa shape index (κ3) is 4.01. The Hall–Kier alpha value is -3.66. The van der Waals surface area contributed by atoms with E-state index in [0.717, 1.165) is 22.4 Å². The number of aliphatic imine (C=N–C) groups is 1. The summed E-state index contributed by atoms with van der Waals surface area (Å²) in [5.74, 6) is 0.654. The second-order valence-corrected chi connectivity index (χ2v) is 6.49. The highest BCUT2D eigenvalue weighted by atomic mass is 16.6. The second kappa shape index (κ2) is 7.92. The molecule has 138 valence electrons. The molecule has 3 aromatic rings. The lowest BCUT2D eigenvalue weighted by Crippen LogP contribution is -2.04. The predicted molar refractivity (Wildman–Crippen MR) is 109 cm³/mol. The van der Waals surface area contributed by atoms with Crippen molar-refractivity contribution in [3.8, 4) is 5.75 Å². The summed E-state index contributed by atoms with van der Waals surface area (Å²) >= 11 is 0. The van der Waals surface area contributed by atoms with Crippen LogP contribution in [0.2, 0.25) is 0 Å². The van der Waals surface area contributed by atoms with E-state index < -0.39 is 5.97 Å². The van der Waals surface area contributed by atoms with Crippen LogP contribution in [0.1, 0.15) is 22.3 Å². The zero-order chi connectivity index (χ0) is 19.3. The number of carbonyl (C=O) groups is 1. The lowest BCUT2D eigenvalue weighted by Gasteiger charge is -2.08. The van der Waals surface area contributed by atoms with E-state index in [9.17, 15) is 4.79 Å². The molecule has 0 radical (unpaired) electrons. The molecule has 4 heteroatoms. The van der Waals surface area contributed by atoms with E-state index in [-0.39, 0.29) is 5.70 Å². The summed E-state index contributed by atoms with van der Waals surface area (Å²) in [6.45, 7) is 2.59. The summed E-state index contributed by atoms with van der Waals surface area (Å²) in [7, 11) is 0. The van der Waals surface area contributed by atoms with Crippen molar-refractivity contribution < 1.29 is 14.3 Å². The minimum absolute atomic E-state index is 0.285. The minimum Gasteiger partial charge on any atom is -0.489 e. The molecule has 0 N–H and O–H groups in total. The van der Waals surface area contributed by atoms with E-state index in [2.05, 4.69) is 24.0 Å². The average molecular weight is 369 g/mol. The quantitative estimate of drug-likeness (QED) is 0.474. The standard InChI is InChI=1S/C24H19NO3/c1-17-7-5-6-10-20(17)16-27-21-13-11-18(12-14-21)15-22-24(26)28-23(25-22)19-8-3-2-4-9-19/h2-15H,16H2,1H3. The lowest BCUT2D eigenvalue weighted by molar-refractivity contribution is -0.129. The van der Waals surface area contributed by atoms with E-state index in [0.29, 0.717) is 12.5 Å². The zero-order valence-electron chi connectivity index (χ0n) is 15.5. The summed E-state index contributed by atoms with van der Waals surface area (Å²) < 4.78 is 11.1. The molecule has 0 amide bonds. The van der Waals surface area contributed by atoms with Gasteiger partial charge in [0.25, 0.3) is 0 Å². The van der Waals surface area contributed by atoms with Gasteiger partial charge in [-0.05, 0) is 54.0 Å². The van der Waals surface area contributed by atoms with Crippen LogP contribution < -0.4 is 4.74 Å². The Labute approximate surface area is 163 Å². The topological polar surface area (TPSA) is 47.9 Å². The van der Waals surface area contributed by atoms with Gasteiger partial charge in [0, 0.05) is 5.56 Å². The Morgan fingerprint density at radius 2 is 1.64 bits per heavy atom. The molecule has 0 saturated carbocycles. The number of benzene rings is 3. The van der Waals surface area contributed by atoms with E-state index in [1.165, 1.54) is 5.56 Å². The first-order valence-corrected chi connectivity index (χ1v) is 9.04. The molecule has 0 unspecified atom stereocenters. The molecule has 28 heavy (non-hydrogen) atoms. The predicted octanol–water partition coefficient (Wildman–Crippen LogP) is 4.92. The van der Waals surface area contributed by atoms with Crippen LogP contribution in [0.15, 0.2) is 89.6 Å². The summed E-state index contributed by atoms with van der Waals surface area (Å²) in [6.07, 6.45) is 1.71. The monoisotopic (exact) mass is 369 g/mol. The van der Waals surface area contributed by atoms with Crippen molar-refractivity contribution in [1.29, 1.82) is 0 Å². The van der Waals surface area contributed by atoms with Gasteiger partial charge in [0.15, 0.2) is 5.70 Å². The van der Waals surface area contributed by atoms with Crippen LogP contribution in [-0.4, -0.2) is 11.9 Å². The van der Waals surface area contributed by atoms with Crippen molar-refractivity contribution in [2.45, 2.75) is 13.5 Å². The maximum atomic E-state index is 12.1. The van der Waals surface area contributed by atoms with Gasteiger partial charge in [-0.25, -0.2) is 9.79 Å². The van der Waals surface area contributed by atoms with E-state index in [1.54, 1.807) is 6.08 Å². The molecule has 1 heterocycles. The SMILES string of the molecule is Cc1ccccc1COc1ccc(C=C2N=C(c3ccccc3)OC2=O)cc1. The van der Waals surface area contributed by atoms with E-state index >= 15 is 0 Å². The van der Waals surface area contributed by atoms with Crippen molar-refractivity contribution in [2.24, 2.45) is 4.99 Å². The Kier molecular flexibility index (Phi) is 5.02. The summed E-state index contributed by atoms with van der Waals surface area (Å²) in [5, 5.41) is 0. The van der Waals surface area contributed by atoms with Crippen molar-refractivity contribution in [3.63, 3.8) is 0 Å². The highest BCUT2D eigenvalue weighted by molar-refractivity contribution is 6.12. The average Bonchev–Trinajstić information content (AvgIpc) is 3.09. The van der Waals surface area contributed by atoms with Crippen LogP contribution >= 0.6 is 0 Å². The fraction of sp³-hybridized carbons (Fsp3) is 0.0833. The number of ether oxygens (including phenoxy) is 2. The van der Waals surface area contributed by atoms with Gasteiger partial charge in [-0.3, -0.25) is 0 Å². The fourth-order valence-corrected chi connectivity index (χ4v) is 2.86. The van der Waals surface area contributed by atoms with Gasteiger partial charge < -0.3 is 9.47 Å². The maximum absolute atomic E-state index is 12.1. The number of cyclic esters (lactones) is 1. The number of hydrogen-bond acceptors (Lipinski definition) is 4. The van der Waals surface area contributed by atoms with Crippen LogP contribution in [-0.2, 0) is 16.1 Å². The van der Waals surface area contributed by atoms with Crippen molar-refractivity contribution in [2.75, 3.05) is 0 Å². The zero-order valence-corrected chi connectivity index (χ0v) is 15.5. The molecule has 4 rings (SSSR count). The molecule has 0 saturated heterocycles. The smallest absolute Gasteiger partial charge is 0.363 e. The Balaban J connectivity index is 1.46. The normalized spacial score (nSPS) is 14.7. The number of hydrogen-bond donors (Lipinski definition) is 0. The summed E-state index contributed by atoms with van der Waals surface area (Å²) in [5.41, 5.74) is 4.28. The summed E-state index contributed by atoms with van der Waals surface area (Å²) in [4.78, 5) is 16.4. The molecule has 4 nitrogen and oxygen atoms in total. The number of esters is 1. The van der Waals surface area contributed by atoms with Crippen LogP contribution in [0.5, 0.6) is 5.75 Å². The molecular weight excluding hydrogens is 350 g/mol. The fourth-order valence-electron chi connectivity index (χ4n) is 2.86. The maximum Gasteiger partial charge on any atom is 0.363 e. The molecule has 3 aromatic carbocycles. The first kappa shape index (κ1) is 17.7. The molecule has 1 aliphatic rings. The third-order valence-electron chi connectivity index (χ3n) is 4.48.